The molecule has 0 radical (unpaired) electrons. The molecule has 23 heavy (non-hydrogen) atoms. The SMILES string of the molecule is C[C@H](O)[C@@H]1CC[C@@H]2[C@@H]3CC[C@@H]4C[C@H](O)CC[C@]4(C)[C@H]3CC[C@@]21C. The topological polar surface area (TPSA) is 40.5 Å². The van der Waals surface area contributed by atoms with Crippen molar-refractivity contribution < 1.29 is 10.2 Å². The maximum absolute atomic E-state index is 10.3. The van der Waals surface area contributed by atoms with Gasteiger partial charge in [0.2, 0.25) is 0 Å². The van der Waals surface area contributed by atoms with Gasteiger partial charge in [-0.1, -0.05) is 13.8 Å². The predicted molar refractivity (Wildman–Crippen MR) is 92.9 cm³/mol. The molecule has 0 bridgehead atoms. The first-order valence-corrected chi connectivity index (χ1v) is 10.2. The Morgan fingerprint density at radius 2 is 1.57 bits per heavy atom. The summed E-state index contributed by atoms with van der Waals surface area (Å²) in [7, 11) is 0. The summed E-state index contributed by atoms with van der Waals surface area (Å²) in [4.78, 5) is 0. The van der Waals surface area contributed by atoms with E-state index in [1.165, 1.54) is 44.9 Å². The van der Waals surface area contributed by atoms with E-state index >= 15 is 0 Å². The van der Waals surface area contributed by atoms with E-state index in [0.717, 1.165) is 36.5 Å². The second-order valence-electron chi connectivity index (χ2n) is 10.1. The van der Waals surface area contributed by atoms with Crippen LogP contribution in [-0.2, 0) is 0 Å². The van der Waals surface area contributed by atoms with Gasteiger partial charge in [0, 0.05) is 0 Å². The van der Waals surface area contributed by atoms with Crippen LogP contribution in [0.5, 0.6) is 0 Å². The highest BCUT2D eigenvalue weighted by Crippen LogP contribution is 2.67. The van der Waals surface area contributed by atoms with Crippen molar-refractivity contribution in [2.75, 3.05) is 0 Å². The zero-order chi connectivity index (χ0) is 16.4. The Balaban J connectivity index is 1.60. The van der Waals surface area contributed by atoms with Gasteiger partial charge in [-0.2, -0.15) is 0 Å². The fourth-order valence-corrected chi connectivity index (χ4v) is 8.07. The Kier molecular flexibility index (Phi) is 3.89. The highest BCUT2D eigenvalue weighted by Gasteiger charge is 2.60. The normalized spacial score (nSPS) is 57.3. The first-order chi connectivity index (χ1) is 10.9. The molecule has 0 unspecified atom stereocenters. The van der Waals surface area contributed by atoms with E-state index in [0.29, 0.717) is 16.7 Å². The first kappa shape index (κ1) is 16.4. The summed E-state index contributed by atoms with van der Waals surface area (Å²) in [6.45, 7) is 7.08. The van der Waals surface area contributed by atoms with Crippen molar-refractivity contribution in [1.82, 2.24) is 0 Å². The minimum atomic E-state index is -0.140. The molecule has 2 N–H and O–H groups in total. The molecular weight excluding hydrogens is 284 g/mol. The van der Waals surface area contributed by atoms with Gasteiger partial charge in [0.15, 0.2) is 0 Å². The number of rotatable bonds is 1. The average Bonchev–Trinajstić information content (AvgIpc) is 2.85. The summed E-state index contributed by atoms with van der Waals surface area (Å²) in [6, 6.07) is 0. The van der Waals surface area contributed by atoms with E-state index in [9.17, 15) is 10.2 Å². The molecule has 9 atom stereocenters. The third-order valence-electron chi connectivity index (χ3n) is 9.29. The highest BCUT2D eigenvalue weighted by atomic mass is 16.3. The smallest absolute Gasteiger partial charge is 0.0545 e. The van der Waals surface area contributed by atoms with Gasteiger partial charge in [-0.15, -0.1) is 0 Å². The molecule has 2 heteroatoms. The third kappa shape index (κ3) is 2.27. The van der Waals surface area contributed by atoms with E-state index in [1.54, 1.807) is 0 Å². The number of hydrogen-bond acceptors (Lipinski definition) is 2. The Morgan fingerprint density at radius 3 is 2.30 bits per heavy atom. The number of hydrogen-bond donors (Lipinski definition) is 2. The van der Waals surface area contributed by atoms with Gasteiger partial charge in [-0.3, -0.25) is 0 Å². The van der Waals surface area contributed by atoms with Crippen LogP contribution in [0.4, 0.5) is 0 Å². The molecule has 4 rings (SSSR count). The van der Waals surface area contributed by atoms with Crippen LogP contribution in [-0.4, -0.2) is 22.4 Å². The number of fused-ring (bicyclic) bond motifs is 5. The van der Waals surface area contributed by atoms with Crippen LogP contribution in [0, 0.1) is 40.4 Å². The van der Waals surface area contributed by atoms with Gasteiger partial charge >= 0.3 is 0 Å². The van der Waals surface area contributed by atoms with Crippen molar-refractivity contribution in [2.24, 2.45) is 40.4 Å². The quantitative estimate of drug-likeness (QED) is 0.752. The molecule has 0 amide bonds. The summed E-state index contributed by atoms with van der Waals surface area (Å²) in [5, 5.41) is 20.4. The minimum Gasteiger partial charge on any atom is -0.393 e. The average molecular weight is 321 g/mol. The monoisotopic (exact) mass is 320 g/mol. The molecule has 4 saturated carbocycles. The van der Waals surface area contributed by atoms with Crippen LogP contribution >= 0.6 is 0 Å². The molecule has 0 saturated heterocycles. The molecule has 0 spiro atoms. The zero-order valence-corrected chi connectivity index (χ0v) is 15.3. The van der Waals surface area contributed by atoms with Crippen LogP contribution in [0.2, 0.25) is 0 Å². The lowest BCUT2D eigenvalue weighted by Crippen LogP contribution is -2.54. The van der Waals surface area contributed by atoms with E-state index < -0.39 is 0 Å². The number of aliphatic hydroxyl groups excluding tert-OH is 2. The lowest BCUT2D eigenvalue weighted by Gasteiger charge is -2.61. The lowest BCUT2D eigenvalue weighted by molar-refractivity contribution is -0.132. The Morgan fingerprint density at radius 1 is 0.870 bits per heavy atom. The molecule has 4 aliphatic carbocycles. The van der Waals surface area contributed by atoms with Gasteiger partial charge in [-0.25, -0.2) is 0 Å². The van der Waals surface area contributed by atoms with Crippen LogP contribution in [0.25, 0.3) is 0 Å². The van der Waals surface area contributed by atoms with Crippen LogP contribution in [0.3, 0.4) is 0 Å². The van der Waals surface area contributed by atoms with Crippen LogP contribution < -0.4 is 0 Å². The largest absolute Gasteiger partial charge is 0.393 e. The second kappa shape index (κ2) is 5.46. The van der Waals surface area contributed by atoms with Gasteiger partial charge < -0.3 is 10.2 Å². The molecule has 132 valence electrons. The standard InChI is InChI=1S/C21H36O2/c1-13(22)17-6-7-18-16-5-4-14-12-15(23)8-10-20(14,2)19(16)9-11-21(17,18)3/h13-19,22-23H,4-12H2,1-3H3/t13-,14+,15+,16-,17-,18+,19-,20-,21+/m0/s1. The fourth-order valence-electron chi connectivity index (χ4n) is 8.07. The summed E-state index contributed by atoms with van der Waals surface area (Å²) < 4.78 is 0. The van der Waals surface area contributed by atoms with Gasteiger partial charge in [-0.05, 0) is 105 Å². The van der Waals surface area contributed by atoms with Crippen molar-refractivity contribution >= 4 is 0 Å². The molecule has 2 nitrogen and oxygen atoms in total. The van der Waals surface area contributed by atoms with Crippen molar-refractivity contribution in [2.45, 2.75) is 90.8 Å². The molecule has 0 aromatic rings. The first-order valence-electron chi connectivity index (χ1n) is 10.2. The lowest BCUT2D eigenvalue weighted by atomic mass is 9.44. The summed E-state index contributed by atoms with van der Waals surface area (Å²) in [5.41, 5.74) is 0.860. The zero-order valence-electron chi connectivity index (χ0n) is 15.3. The minimum absolute atomic E-state index is 0.0374. The maximum atomic E-state index is 10.3. The van der Waals surface area contributed by atoms with Gasteiger partial charge in [0.25, 0.3) is 0 Å². The van der Waals surface area contributed by atoms with E-state index in [1.807, 2.05) is 6.92 Å². The number of aliphatic hydroxyl groups is 2. The van der Waals surface area contributed by atoms with Crippen molar-refractivity contribution in [3.8, 4) is 0 Å². The maximum Gasteiger partial charge on any atom is 0.0545 e. The molecule has 0 heterocycles. The molecule has 0 aromatic heterocycles. The second-order valence-corrected chi connectivity index (χ2v) is 10.1. The third-order valence-corrected chi connectivity index (χ3v) is 9.29. The van der Waals surface area contributed by atoms with Crippen LogP contribution in [0.1, 0.15) is 78.6 Å². The highest BCUT2D eigenvalue weighted by molar-refractivity contribution is 5.09. The summed E-state index contributed by atoms with van der Waals surface area (Å²) >= 11 is 0. The molecule has 0 aromatic carbocycles. The van der Waals surface area contributed by atoms with E-state index in [2.05, 4.69) is 13.8 Å². The Hall–Kier alpha value is -0.0800. The Labute approximate surface area is 142 Å². The van der Waals surface area contributed by atoms with Crippen molar-refractivity contribution in [3.05, 3.63) is 0 Å². The van der Waals surface area contributed by atoms with E-state index in [-0.39, 0.29) is 12.2 Å². The Bertz CT molecular complexity index is 461. The predicted octanol–water partition coefficient (Wildman–Crippen LogP) is 4.39. The van der Waals surface area contributed by atoms with Gasteiger partial charge in [0.1, 0.15) is 0 Å². The van der Waals surface area contributed by atoms with Crippen molar-refractivity contribution in [3.63, 3.8) is 0 Å². The molecule has 4 aliphatic rings. The molecular formula is C21H36O2. The molecule has 0 aliphatic heterocycles. The fraction of sp³-hybridized carbons (Fsp3) is 1.00. The van der Waals surface area contributed by atoms with Crippen molar-refractivity contribution in [1.29, 1.82) is 0 Å². The van der Waals surface area contributed by atoms with Crippen LogP contribution in [0.15, 0.2) is 0 Å². The van der Waals surface area contributed by atoms with Gasteiger partial charge in [0.05, 0.1) is 12.2 Å². The summed E-state index contributed by atoms with van der Waals surface area (Å²) in [5.74, 6) is 3.87. The summed E-state index contributed by atoms with van der Waals surface area (Å²) in [6.07, 6.45) is 11.1. The molecule has 4 fully saturated rings. The van der Waals surface area contributed by atoms with E-state index in [4.69, 9.17) is 0 Å².